The molecule has 0 bridgehead atoms. The molecule has 0 aromatic carbocycles. The van der Waals surface area contributed by atoms with Crippen molar-refractivity contribution >= 4 is 10.1 Å². The topological polar surface area (TPSA) is 48.6 Å². The van der Waals surface area contributed by atoms with Crippen LogP contribution < -0.4 is 29.6 Å². The molecule has 0 aliphatic carbocycles. The molecule has 20 valence electrons. The van der Waals surface area contributed by atoms with E-state index in [1.807, 2.05) is 0 Å². The average molecular weight is 86.1 g/mol. The third kappa shape index (κ3) is 12.2. The van der Waals surface area contributed by atoms with Gasteiger partial charge in [0.15, 0.2) is 0 Å². The van der Waals surface area contributed by atoms with Gasteiger partial charge in [0.25, 0.3) is 0 Å². The SMILES string of the molecule is O.O=[Si].[H-].[Na+]. The summed E-state index contributed by atoms with van der Waals surface area (Å²) in [6, 6.07) is 0. The summed E-state index contributed by atoms with van der Waals surface area (Å²) in [7, 11) is 1.72. The molecule has 0 saturated carbocycles. The van der Waals surface area contributed by atoms with Crippen LogP contribution in [-0.2, 0) is 4.46 Å². The summed E-state index contributed by atoms with van der Waals surface area (Å²) < 4.78 is 8.06. The standard InChI is InChI=1S/Na.OSi.H2O.H/c;1-2;;/h;;1H2;/q+1;;;-1. The van der Waals surface area contributed by atoms with E-state index in [9.17, 15) is 0 Å². The van der Waals surface area contributed by atoms with E-state index in [-0.39, 0.29) is 36.5 Å². The first-order valence-corrected chi connectivity index (χ1v) is 0.612. The summed E-state index contributed by atoms with van der Waals surface area (Å²) in [6.45, 7) is 0. The van der Waals surface area contributed by atoms with Gasteiger partial charge < -0.3 is 11.4 Å². The maximum Gasteiger partial charge on any atom is 1.00 e. The van der Waals surface area contributed by atoms with Crippen molar-refractivity contribution in [2.45, 2.75) is 0 Å². The van der Waals surface area contributed by atoms with Gasteiger partial charge in [0.05, 0.1) is 0 Å². The summed E-state index contributed by atoms with van der Waals surface area (Å²) in [4.78, 5) is 0. The second-order valence-corrected chi connectivity index (χ2v) is 0. The normalized spacial score (nSPS) is 1.00. The van der Waals surface area contributed by atoms with Crippen molar-refractivity contribution in [3.05, 3.63) is 0 Å². The third-order valence-electron chi connectivity index (χ3n) is 0. The molecule has 2 nitrogen and oxygen atoms in total. The second kappa shape index (κ2) is 36.9. The van der Waals surface area contributed by atoms with Crippen LogP contribution in [-0.4, -0.2) is 15.6 Å². The first kappa shape index (κ1) is 20.1. The fraction of sp³-hybridized carbons (Fsp3) is 0. The zero-order valence-corrected chi connectivity index (χ0v) is 5.41. The van der Waals surface area contributed by atoms with Crippen molar-refractivity contribution in [3.8, 4) is 0 Å². The third-order valence-corrected chi connectivity index (χ3v) is 0. The van der Waals surface area contributed by atoms with Crippen LogP contribution in [0.3, 0.4) is 0 Å². The smallest absolute Gasteiger partial charge is 1.00 e. The molecule has 0 fully saturated rings. The Morgan fingerprint density at radius 1 is 1.50 bits per heavy atom. The maximum absolute atomic E-state index is 8.06. The molecule has 0 rings (SSSR count). The van der Waals surface area contributed by atoms with Crippen LogP contribution in [0.25, 0.3) is 0 Å². The minimum Gasteiger partial charge on any atom is -1.00 e. The van der Waals surface area contributed by atoms with Gasteiger partial charge in [0.2, 0.25) is 0 Å². The van der Waals surface area contributed by atoms with Crippen LogP contribution >= 0.6 is 0 Å². The minimum atomic E-state index is 0. The Labute approximate surface area is 51.2 Å². The van der Waals surface area contributed by atoms with E-state index in [4.69, 9.17) is 4.46 Å². The van der Waals surface area contributed by atoms with Crippen LogP contribution in [0.1, 0.15) is 1.43 Å². The summed E-state index contributed by atoms with van der Waals surface area (Å²) in [5.41, 5.74) is 0. The molecule has 2 N–H and O–H groups in total. The Bertz CT molecular complexity index is 9.61. The van der Waals surface area contributed by atoms with E-state index < -0.39 is 0 Å². The molecule has 0 aromatic heterocycles. The molecule has 2 radical (unpaired) electrons. The molecule has 0 aliphatic rings. The van der Waals surface area contributed by atoms with Crippen molar-refractivity contribution in [1.29, 1.82) is 0 Å². The van der Waals surface area contributed by atoms with Crippen LogP contribution in [0, 0.1) is 0 Å². The summed E-state index contributed by atoms with van der Waals surface area (Å²) in [5.74, 6) is 0. The largest absolute Gasteiger partial charge is 1.00 e. The zero-order chi connectivity index (χ0) is 2.00. The van der Waals surface area contributed by atoms with Crippen molar-refractivity contribution in [1.82, 2.24) is 0 Å². The molecule has 4 heteroatoms. The molecule has 0 saturated heterocycles. The van der Waals surface area contributed by atoms with Crippen molar-refractivity contribution in [3.63, 3.8) is 0 Å². The summed E-state index contributed by atoms with van der Waals surface area (Å²) in [6.07, 6.45) is 0. The molecule has 0 spiro atoms. The minimum absolute atomic E-state index is 0. The molecule has 0 amide bonds. The van der Waals surface area contributed by atoms with E-state index in [2.05, 4.69) is 0 Å². The maximum atomic E-state index is 8.06. The van der Waals surface area contributed by atoms with Crippen LogP contribution in [0.2, 0.25) is 0 Å². The van der Waals surface area contributed by atoms with Gasteiger partial charge in [-0.15, -0.1) is 0 Å². The van der Waals surface area contributed by atoms with Gasteiger partial charge in [0.1, 0.15) is 0 Å². The summed E-state index contributed by atoms with van der Waals surface area (Å²) >= 11 is 0. The van der Waals surface area contributed by atoms with Gasteiger partial charge in [-0.25, -0.2) is 0 Å². The second-order valence-electron chi connectivity index (χ2n) is 0. The van der Waals surface area contributed by atoms with E-state index in [0.717, 1.165) is 0 Å². The molecule has 0 heterocycles. The predicted molar refractivity (Wildman–Crippen MR) is 11.2 cm³/mol. The fourth-order valence-electron chi connectivity index (χ4n) is 0. The summed E-state index contributed by atoms with van der Waals surface area (Å²) in [5, 5.41) is 0. The molecule has 0 aliphatic heterocycles. The Hall–Kier alpha value is 0.977. The van der Waals surface area contributed by atoms with Gasteiger partial charge >= 0.3 is 39.7 Å². The Morgan fingerprint density at radius 3 is 1.50 bits per heavy atom. The van der Waals surface area contributed by atoms with Crippen LogP contribution in [0.5, 0.6) is 0 Å². The average Bonchev–Trinajstić information content (AvgIpc) is 1.00. The quantitative estimate of drug-likeness (QED) is 0.276. The molecule has 0 aromatic rings. The van der Waals surface area contributed by atoms with Crippen LogP contribution in [0.4, 0.5) is 0 Å². The number of rotatable bonds is 0. The van der Waals surface area contributed by atoms with Crippen molar-refractivity contribution < 1.29 is 40.9 Å². The van der Waals surface area contributed by atoms with Gasteiger partial charge in [0, 0.05) is 0 Å². The molecule has 0 unspecified atom stereocenters. The molecule has 0 atom stereocenters. The van der Waals surface area contributed by atoms with Crippen molar-refractivity contribution in [2.75, 3.05) is 0 Å². The van der Waals surface area contributed by atoms with Gasteiger partial charge in [-0.05, 0) is 0 Å². The first-order valence-electron chi connectivity index (χ1n) is 0.204. The fourth-order valence-corrected chi connectivity index (χ4v) is 0. The Balaban J connectivity index is -0.00000000167. The Morgan fingerprint density at radius 2 is 1.50 bits per heavy atom. The van der Waals surface area contributed by atoms with Gasteiger partial charge in [-0.3, -0.25) is 0 Å². The van der Waals surface area contributed by atoms with Crippen molar-refractivity contribution in [2.24, 2.45) is 0 Å². The molecular formula is H3NaO2Si. The van der Waals surface area contributed by atoms with Crippen LogP contribution in [0.15, 0.2) is 0 Å². The Kier molecular flexibility index (Phi) is 186. The van der Waals surface area contributed by atoms with Gasteiger partial charge in [-0.1, -0.05) is 0 Å². The van der Waals surface area contributed by atoms with E-state index in [0.29, 0.717) is 0 Å². The predicted octanol–water partition coefficient (Wildman–Crippen LogP) is -4.21. The monoisotopic (exact) mass is 86.0 g/mol. The number of hydrogen-bond acceptors (Lipinski definition) is 1. The van der Waals surface area contributed by atoms with E-state index >= 15 is 0 Å². The zero-order valence-electron chi connectivity index (χ0n) is 3.41. The van der Waals surface area contributed by atoms with Gasteiger partial charge in [-0.2, -0.15) is 0 Å². The first-order chi connectivity index (χ1) is 1.00. The van der Waals surface area contributed by atoms with E-state index in [1.165, 1.54) is 0 Å². The molecular weight excluding hydrogens is 83.1 g/mol. The van der Waals surface area contributed by atoms with E-state index in [1.54, 1.807) is 10.1 Å². The molecule has 4 heavy (non-hydrogen) atoms. The number of hydrogen-bond donors (Lipinski definition) is 0.